The molecule has 1 heterocycles. The van der Waals surface area contributed by atoms with E-state index in [1.165, 1.54) is 18.7 Å². The van der Waals surface area contributed by atoms with E-state index in [0.29, 0.717) is 13.1 Å². The SMILES string of the molecule is COc1cc(CNCc2c(C)nn(Cc3ccccc3)c2C)ccc1OC(F)F. The van der Waals surface area contributed by atoms with Gasteiger partial charge in [0.15, 0.2) is 11.5 Å². The second kappa shape index (κ2) is 9.52. The molecule has 1 N–H and O–H groups in total. The molecule has 0 radical (unpaired) electrons. The molecule has 2 aromatic carbocycles. The van der Waals surface area contributed by atoms with Crippen LogP contribution in [0.1, 0.15) is 28.1 Å². The number of nitrogens with zero attached hydrogens (tertiary/aromatic N) is 2. The molecule has 7 heteroatoms. The highest BCUT2D eigenvalue weighted by Gasteiger charge is 2.13. The van der Waals surface area contributed by atoms with Gasteiger partial charge in [-0.15, -0.1) is 0 Å². The quantitative estimate of drug-likeness (QED) is 0.576. The summed E-state index contributed by atoms with van der Waals surface area (Å²) < 4.78 is 36.5. The second-order valence-corrected chi connectivity index (χ2v) is 6.76. The minimum Gasteiger partial charge on any atom is -0.493 e. The molecule has 0 fully saturated rings. The molecule has 0 aliphatic heterocycles. The van der Waals surface area contributed by atoms with E-state index in [2.05, 4.69) is 34.2 Å². The van der Waals surface area contributed by atoms with Gasteiger partial charge < -0.3 is 14.8 Å². The van der Waals surface area contributed by atoms with Crippen LogP contribution in [0.3, 0.4) is 0 Å². The number of aryl methyl sites for hydroxylation is 1. The maximum absolute atomic E-state index is 12.4. The molecule has 5 nitrogen and oxygen atoms in total. The van der Waals surface area contributed by atoms with Crippen molar-refractivity contribution in [1.29, 1.82) is 0 Å². The summed E-state index contributed by atoms with van der Waals surface area (Å²) in [6.07, 6.45) is 0. The maximum Gasteiger partial charge on any atom is 0.387 e. The van der Waals surface area contributed by atoms with Gasteiger partial charge in [-0.2, -0.15) is 13.9 Å². The van der Waals surface area contributed by atoms with Crippen molar-refractivity contribution in [1.82, 2.24) is 15.1 Å². The topological polar surface area (TPSA) is 48.3 Å². The van der Waals surface area contributed by atoms with Gasteiger partial charge in [0.1, 0.15) is 0 Å². The van der Waals surface area contributed by atoms with Crippen molar-refractivity contribution < 1.29 is 18.3 Å². The third-order valence-corrected chi connectivity index (χ3v) is 4.78. The van der Waals surface area contributed by atoms with Crippen LogP contribution in [0.25, 0.3) is 0 Å². The smallest absolute Gasteiger partial charge is 0.387 e. The standard InChI is InChI=1S/C22H25F2N3O2/c1-15-19(16(2)27(26-15)14-17-7-5-4-6-8-17)13-25-12-18-9-10-20(29-22(23)24)21(11-18)28-3/h4-11,22,25H,12-14H2,1-3H3. The van der Waals surface area contributed by atoms with Crippen LogP contribution in [0.5, 0.6) is 11.5 Å². The van der Waals surface area contributed by atoms with Gasteiger partial charge in [-0.3, -0.25) is 4.68 Å². The lowest BCUT2D eigenvalue weighted by Gasteiger charge is -2.12. The number of alkyl halides is 2. The highest BCUT2D eigenvalue weighted by atomic mass is 19.3. The Balaban J connectivity index is 1.63. The predicted molar refractivity (Wildman–Crippen MR) is 107 cm³/mol. The zero-order chi connectivity index (χ0) is 20.8. The normalized spacial score (nSPS) is 11.1. The number of benzene rings is 2. The molecule has 3 aromatic rings. The average Bonchev–Trinajstić information content (AvgIpc) is 2.96. The van der Waals surface area contributed by atoms with Gasteiger partial charge >= 0.3 is 6.61 Å². The van der Waals surface area contributed by atoms with Gasteiger partial charge in [0, 0.05) is 24.3 Å². The maximum atomic E-state index is 12.4. The van der Waals surface area contributed by atoms with Crippen LogP contribution < -0.4 is 14.8 Å². The Kier molecular flexibility index (Phi) is 6.82. The van der Waals surface area contributed by atoms with E-state index in [0.717, 1.165) is 29.1 Å². The number of halogens is 2. The van der Waals surface area contributed by atoms with Crippen molar-refractivity contribution in [2.75, 3.05) is 7.11 Å². The van der Waals surface area contributed by atoms with E-state index in [9.17, 15) is 8.78 Å². The molecule has 0 saturated heterocycles. The minimum atomic E-state index is -2.88. The van der Waals surface area contributed by atoms with E-state index < -0.39 is 6.61 Å². The Morgan fingerprint density at radius 3 is 2.45 bits per heavy atom. The largest absolute Gasteiger partial charge is 0.493 e. The minimum absolute atomic E-state index is 0.0279. The number of hydrogen-bond acceptors (Lipinski definition) is 4. The lowest BCUT2D eigenvalue weighted by atomic mass is 10.1. The van der Waals surface area contributed by atoms with Gasteiger partial charge in [0.2, 0.25) is 0 Å². The van der Waals surface area contributed by atoms with Crippen LogP contribution in [0.2, 0.25) is 0 Å². The van der Waals surface area contributed by atoms with E-state index >= 15 is 0 Å². The lowest BCUT2D eigenvalue weighted by molar-refractivity contribution is -0.0512. The van der Waals surface area contributed by atoms with Crippen molar-refractivity contribution in [2.45, 2.75) is 40.1 Å². The van der Waals surface area contributed by atoms with Crippen molar-refractivity contribution in [2.24, 2.45) is 0 Å². The Labute approximate surface area is 169 Å². The first kappa shape index (κ1) is 20.8. The Bertz CT molecular complexity index is 943. The summed E-state index contributed by atoms with van der Waals surface area (Å²) in [4.78, 5) is 0. The van der Waals surface area contributed by atoms with Crippen LogP contribution in [-0.2, 0) is 19.6 Å². The van der Waals surface area contributed by atoms with E-state index in [1.807, 2.05) is 29.8 Å². The molecule has 29 heavy (non-hydrogen) atoms. The van der Waals surface area contributed by atoms with Crippen LogP contribution in [0.15, 0.2) is 48.5 Å². The molecular weight excluding hydrogens is 376 g/mol. The Morgan fingerprint density at radius 2 is 1.76 bits per heavy atom. The number of aromatic nitrogens is 2. The van der Waals surface area contributed by atoms with Crippen molar-refractivity contribution >= 4 is 0 Å². The van der Waals surface area contributed by atoms with Gasteiger partial charge in [0.25, 0.3) is 0 Å². The van der Waals surface area contributed by atoms with Crippen LogP contribution in [0.4, 0.5) is 8.78 Å². The molecule has 0 bridgehead atoms. The third-order valence-electron chi connectivity index (χ3n) is 4.78. The Hall–Kier alpha value is -2.93. The molecule has 0 aliphatic rings. The molecule has 154 valence electrons. The van der Waals surface area contributed by atoms with Gasteiger partial charge in [-0.25, -0.2) is 0 Å². The zero-order valence-electron chi connectivity index (χ0n) is 16.8. The summed E-state index contributed by atoms with van der Waals surface area (Å²) in [7, 11) is 1.43. The fourth-order valence-corrected chi connectivity index (χ4v) is 3.25. The predicted octanol–water partition coefficient (Wildman–Crippen LogP) is 4.45. The highest BCUT2D eigenvalue weighted by Crippen LogP contribution is 2.29. The molecule has 0 spiro atoms. The molecule has 0 amide bonds. The van der Waals surface area contributed by atoms with Gasteiger partial charge in [-0.1, -0.05) is 36.4 Å². The fourth-order valence-electron chi connectivity index (χ4n) is 3.25. The van der Waals surface area contributed by atoms with E-state index in [1.54, 1.807) is 12.1 Å². The molecule has 0 atom stereocenters. The number of ether oxygens (including phenoxy) is 2. The summed E-state index contributed by atoms with van der Waals surface area (Å²) in [5.41, 5.74) is 5.39. The Morgan fingerprint density at radius 1 is 1.00 bits per heavy atom. The average molecular weight is 401 g/mol. The summed E-state index contributed by atoms with van der Waals surface area (Å²) in [5.74, 6) is 0.313. The third kappa shape index (κ3) is 5.32. The molecule has 0 saturated carbocycles. The molecule has 3 rings (SSSR count). The number of nitrogens with one attached hydrogen (secondary N) is 1. The summed E-state index contributed by atoms with van der Waals surface area (Å²) >= 11 is 0. The van der Waals surface area contributed by atoms with Crippen molar-refractivity contribution in [3.05, 3.63) is 76.6 Å². The van der Waals surface area contributed by atoms with Gasteiger partial charge in [-0.05, 0) is 37.1 Å². The molecular formula is C22H25F2N3O2. The lowest BCUT2D eigenvalue weighted by Crippen LogP contribution is -2.14. The fraction of sp³-hybridized carbons (Fsp3) is 0.318. The van der Waals surface area contributed by atoms with Gasteiger partial charge in [0.05, 0.1) is 19.3 Å². The van der Waals surface area contributed by atoms with E-state index in [-0.39, 0.29) is 11.5 Å². The molecule has 1 aromatic heterocycles. The van der Waals surface area contributed by atoms with Crippen LogP contribution in [-0.4, -0.2) is 23.5 Å². The van der Waals surface area contributed by atoms with Crippen LogP contribution in [0, 0.1) is 13.8 Å². The zero-order valence-corrected chi connectivity index (χ0v) is 16.8. The number of rotatable bonds is 9. The first-order valence-corrected chi connectivity index (χ1v) is 9.37. The summed E-state index contributed by atoms with van der Waals surface area (Å²) in [5, 5.41) is 8.06. The summed E-state index contributed by atoms with van der Waals surface area (Å²) in [6, 6.07) is 15.2. The van der Waals surface area contributed by atoms with Crippen LogP contribution >= 0.6 is 0 Å². The molecule has 0 unspecified atom stereocenters. The first-order valence-electron chi connectivity index (χ1n) is 9.37. The summed E-state index contributed by atoms with van der Waals surface area (Å²) in [6.45, 7) is 3.14. The van der Waals surface area contributed by atoms with Crippen molar-refractivity contribution in [3.63, 3.8) is 0 Å². The first-order chi connectivity index (χ1) is 14.0. The number of hydrogen-bond donors (Lipinski definition) is 1. The number of methoxy groups -OCH3 is 1. The van der Waals surface area contributed by atoms with E-state index in [4.69, 9.17) is 4.74 Å². The highest BCUT2D eigenvalue weighted by molar-refractivity contribution is 5.43. The second-order valence-electron chi connectivity index (χ2n) is 6.76. The molecule has 0 aliphatic carbocycles. The monoisotopic (exact) mass is 401 g/mol. The van der Waals surface area contributed by atoms with Crippen molar-refractivity contribution in [3.8, 4) is 11.5 Å².